The van der Waals surface area contributed by atoms with Crippen molar-refractivity contribution in [3.05, 3.63) is 65.5 Å². The number of aliphatic carboxylic acids is 1. The fourth-order valence-corrected chi connectivity index (χ4v) is 2.35. The molecule has 0 saturated heterocycles. The highest BCUT2D eigenvalue weighted by Gasteiger charge is 2.38. The number of aryl methyl sites for hydroxylation is 2. The minimum Gasteiger partial charge on any atom is -0.475 e. The number of carbonyl (C=O) groups excluding carboxylic acids is 1. The summed E-state index contributed by atoms with van der Waals surface area (Å²) < 4.78 is 33.8. The van der Waals surface area contributed by atoms with Crippen LogP contribution < -0.4 is 5.32 Å². The molecule has 1 amide bonds. The number of nitrogens with one attached hydrogen (secondary N) is 2. The Morgan fingerprint density at radius 1 is 1.10 bits per heavy atom. The van der Waals surface area contributed by atoms with Crippen LogP contribution in [-0.2, 0) is 4.79 Å². The monoisotopic (exact) mass is 408 g/mol. The summed E-state index contributed by atoms with van der Waals surface area (Å²) in [6, 6.07) is 9.58. The van der Waals surface area contributed by atoms with Gasteiger partial charge in [0.25, 0.3) is 5.91 Å². The van der Waals surface area contributed by atoms with E-state index in [4.69, 9.17) is 9.90 Å². The summed E-state index contributed by atoms with van der Waals surface area (Å²) in [7, 11) is 0. The Morgan fingerprint density at radius 3 is 2.10 bits per heavy atom. The second-order valence-corrected chi connectivity index (χ2v) is 6.12. The molecule has 0 saturated carbocycles. The van der Waals surface area contributed by atoms with Gasteiger partial charge >= 0.3 is 12.1 Å². The predicted molar refractivity (Wildman–Crippen MR) is 100 cm³/mol. The van der Waals surface area contributed by atoms with Crippen molar-refractivity contribution < 1.29 is 27.9 Å². The molecule has 2 aromatic heterocycles. The number of benzene rings is 1. The normalized spacial score (nSPS) is 10.8. The Morgan fingerprint density at radius 2 is 1.69 bits per heavy atom. The van der Waals surface area contributed by atoms with Gasteiger partial charge in [0.1, 0.15) is 5.69 Å². The number of imidazole rings is 1. The lowest BCUT2D eigenvalue weighted by Gasteiger charge is -2.08. The summed E-state index contributed by atoms with van der Waals surface area (Å²) >= 11 is 0. The van der Waals surface area contributed by atoms with E-state index in [-0.39, 0.29) is 5.91 Å². The van der Waals surface area contributed by atoms with Gasteiger partial charge in [0.2, 0.25) is 0 Å². The van der Waals surface area contributed by atoms with Gasteiger partial charge in [-0.15, -0.1) is 0 Å². The molecular formula is C19H19F3N4O3. The van der Waals surface area contributed by atoms with Gasteiger partial charge in [0, 0.05) is 23.3 Å². The molecule has 0 spiro atoms. The predicted octanol–water partition coefficient (Wildman–Crippen LogP) is 4.01. The van der Waals surface area contributed by atoms with E-state index in [1.807, 2.05) is 55.7 Å². The number of carboxylic acid groups (broad SMARTS) is 1. The van der Waals surface area contributed by atoms with Gasteiger partial charge in [-0.3, -0.25) is 4.79 Å². The summed E-state index contributed by atoms with van der Waals surface area (Å²) in [6.07, 6.45) is -1.52. The fraction of sp³-hybridized carbons (Fsp3) is 0.211. The van der Waals surface area contributed by atoms with Gasteiger partial charge in [0.05, 0.1) is 12.0 Å². The molecule has 2 heterocycles. The lowest BCUT2D eigenvalue weighted by atomic mass is 10.2. The zero-order valence-corrected chi connectivity index (χ0v) is 15.8. The van der Waals surface area contributed by atoms with Crippen LogP contribution in [0.15, 0.2) is 42.9 Å². The maximum Gasteiger partial charge on any atom is 0.490 e. The van der Waals surface area contributed by atoms with Gasteiger partial charge in [-0.05, 0) is 56.7 Å². The van der Waals surface area contributed by atoms with Crippen molar-refractivity contribution in [3.8, 4) is 5.69 Å². The van der Waals surface area contributed by atoms with E-state index in [1.165, 1.54) is 0 Å². The van der Waals surface area contributed by atoms with Crippen molar-refractivity contribution in [2.24, 2.45) is 0 Å². The average Bonchev–Trinajstić information content (AvgIpc) is 3.22. The molecule has 10 heteroatoms. The van der Waals surface area contributed by atoms with E-state index < -0.39 is 12.1 Å². The zero-order valence-electron chi connectivity index (χ0n) is 15.8. The SMILES string of the molecule is Cc1cc[nH]c1C(=O)Nc1ccc(-n2cnc(C)c2C)cc1.O=C(O)C(F)(F)F. The minimum absolute atomic E-state index is 0.134. The molecule has 7 nitrogen and oxygen atoms in total. The number of carboxylic acids is 1. The molecule has 154 valence electrons. The Labute approximate surface area is 164 Å². The maximum atomic E-state index is 12.2. The van der Waals surface area contributed by atoms with Gasteiger partial charge in [-0.2, -0.15) is 13.2 Å². The standard InChI is InChI=1S/C17H18N4O.C2HF3O2/c1-11-8-9-18-16(11)17(22)20-14-4-6-15(7-5-14)21-10-19-12(2)13(21)3;3-2(4,5)1(6)7/h4-10,18H,1-3H3,(H,20,22);(H,6,7). The number of carbonyl (C=O) groups is 2. The van der Waals surface area contributed by atoms with Crippen LogP contribution in [0.3, 0.4) is 0 Å². The number of nitrogens with zero attached hydrogens (tertiary/aromatic N) is 2. The molecule has 0 aliphatic rings. The van der Waals surface area contributed by atoms with E-state index in [1.54, 1.807) is 12.5 Å². The van der Waals surface area contributed by atoms with Crippen LogP contribution >= 0.6 is 0 Å². The number of amides is 1. The first-order chi connectivity index (χ1) is 13.5. The topological polar surface area (TPSA) is 100 Å². The van der Waals surface area contributed by atoms with Crippen molar-refractivity contribution in [3.63, 3.8) is 0 Å². The van der Waals surface area contributed by atoms with Crippen molar-refractivity contribution in [2.75, 3.05) is 5.32 Å². The second-order valence-electron chi connectivity index (χ2n) is 6.12. The number of hydrogen-bond acceptors (Lipinski definition) is 3. The van der Waals surface area contributed by atoms with Gasteiger partial charge in [0.15, 0.2) is 0 Å². The summed E-state index contributed by atoms with van der Waals surface area (Å²) in [5.74, 6) is -2.89. The van der Waals surface area contributed by atoms with Crippen LogP contribution in [0.2, 0.25) is 0 Å². The largest absolute Gasteiger partial charge is 0.490 e. The molecule has 0 aliphatic heterocycles. The minimum atomic E-state index is -5.08. The molecule has 29 heavy (non-hydrogen) atoms. The molecule has 0 fully saturated rings. The first kappa shape index (κ1) is 21.7. The van der Waals surface area contributed by atoms with Crippen LogP contribution in [0.1, 0.15) is 27.4 Å². The van der Waals surface area contributed by atoms with E-state index in [2.05, 4.69) is 15.3 Å². The quantitative estimate of drug-likeness (QED) is 0.610. The van der Waals surface area contributed by atoms with Crippen molar-refractivity contribution >= 4 is 17.6 Å². The number of aromatic nitrogens is 3. The van der Waals surface area contributed by atoms with E-state index >= 15 is 0 Å². The van der Waals surface area contributed by atoms with E-state index in [0.717, 1.165) is 28.3 Å². The summed E-state index contributed by atoms with van der Waals surface area (Å²) in [5, 5.41) is 10.0. The molecule has 3 aromatic rings. The highest BCUT2D eigenvalue weighted by Crippen LogP contribution is 2.17. The first-order valence-corrected chi connectivity index (χ1v) is 8.37. The molecular weight excluding hydrogens is 389 g/mol. The number of rotatable bonds is 3. The van der Waals surface area contributed by atoms with Crippen LogP contribution in [0.5, 0.6) is 0 Å². The van der Waals surface area contributed by atoms with Crippen LogP contribution in [0, 0.1) is 20.8 Å². The van der Waals surface area contributed by atoms with E-state index in [9.17, 15) is 18.0 Å². The molecule has 3 N–H and O–H groups in total. The zero-order chi connectivity index (χ0) is 21.8. The fourth-order valence-electron chi connectivity index (χ4n) is 2.35. The Hall–Kier alpha value is -3.56. The number of aromatic amines is 1. The molecule has 0 aliphatic carbocycles. The third-order valence-electron chi connectivity index (χ3n) is 4.08. The third kappa shape index (κ3) is 5.47. The smallest absolute Gasteiger partial charge is 0.475 e. The van der Waals surface area contributed by atoms with Gasteiger partial charge in [-0.25, -0.2) is 9.78 Å². The third-order valence-corrected chi connectivity index (χ3v) is 4.08. The van der Waals surface area contributed by atoms with Gasteiger partial charge < -0.3 is 20.0 Å². The van der Waals surface area contributed by atoms with Crippen molar-refractivity contribution in [2.45, 2.75) is 26.9 Å². The first-order valence-electron chi connectivity index (χ1n) is 8.37. The van der Waals surface area contributed by atoms with Gasteiger partial charge in [-0.1, -0.05) is 0 Å². The van der Waals surface area contributed by atoms with E-state index in [0.29, 0.717) is 5.69 Å². The van der Waals surface area contributed by atoms with Crippen LogP contribution in [0.4, 0.5) is 18.9 Å². The van der Waals surface area contributed by atoms with Crippen LogP contribution in [0.25, 0.3) is 5.69 Å². The molecule has 1 aromatic carbocycles. The number of anilines is 1. The molecule has 0 atom stereocenters. The summed E-state index contributed by atoms with van der Waals surface area (Å²) in [4.78, 5) is 28.3. The Balaban J connectivity index is 0.000000370. The number of H-pyrrole nitrogens is 1. The molecule has 0 radical (unpaired) electrons. The maximum absolute atomic E-state index is 12.2. The Bertz CT molecular complexity index is 1000. The average molecular weight is 408 g/mol. The number of halogens is 3. The molecule has 3 rings (SSSR count). The van der Waals surface area contributed by atoms with Crippen molar-refractivity contribution in [1.29, 1.82) is 0 Å². The van der Waals surface area contributed by atoms with Crippen LogP contribution in [-0.4, -0.2) is 37.7 Å². The second kappa shape index (κ2) is 8.63. The number of alkyl halides is 3. The highest BCUT2D eigenvalue weighted by atomic mass is 19.4. The summed E-state index contributed by atoms with van der Waals surface area (Å²) in [6.45, 7) is 5.92. The number of hydrogen-bond donors (Lipinski definition) is 3. The lowest BCUT2D eigenvalue weighted by molar-refractivity contribution is -0.192. The summed E-state index contributed by atoms with van der Waals surface area (Å²) in [5.41, 5.74) is 5.42. The highest BCUT2D eigenvalue weighted by molar-refractivity contribution is 6.03. The molecule has 0 bridgehead atoms. The van der Waals surface area contributed by atoms with Crippen molar-refractivity contribution in [1.82, 2.24) is 14.5 Å². The Kier molecular flexibility index (Phi) is 6.47. The lowest BCUT2D eigenvalue weighted by Crippen LogP contribution is -2.21. The molecule has 0 unspecified atom stereocenters.